The van der Waals surface area contributed by atoms with Crippen molar-refractivity contribution in [3.63, 3.8) is 0 Å². The lowest BCUT2D eigenvalue weighted by atomic mass is 9.98. The summed E-state index contributed by atoms with van der Waals surface area (Å²) >= 11 is 0. The van der Waals surface area contributed by atoms with Crippen LogP contribution in [-0.2, 0) is 15.5 Å². The highest BCUT2D eigenvalue weighted by atomic mass is 32.2. The monoisotopic (exact) mass is 436 g/mol. The summed E-state index contributed by atoms with van der Waals surface area (Å²) in [5, 5.41) is 0.293. The van der Waals surface area contributed by atoms with E-state index in [0.717, 1.165) is 57.4 Å². The normalized spacial score (nSPS) is 23.1. The molecule has 8 nitrogen and oxygen atoms in total. The first-order valence-corrected chi connectivity index (χ1v) is 12.5. The van der Waals surface area contributed by atoms with E-state index in [9.17, 15) is 9.00 Å². The van der Waals surface area contributed by atoms with Gasteiger partial charge in [-0.2, -0.15) is 0 Å². The zero-order valence-electron chi connectivity index (χ0n) is 17.9. The zero-order valence-corrected chi connectivity index (χ0v) is 18.7. The molecule has 4 rings (SSSR count). The fourth-order valence-electron chi connectivity index (χ4n) is 4.00. The number of nitrogens with zero attached hydrogens (tertiary/aromatic N) is 4. The molecular weight excluding hydrogens is 404 g/mol. The fourth-order valence-corrected chi connectivity index (χ4v) is 4.88. The summed E-state index contributed by atoms with van der Waals surface area (Å²) < 4.78 is 23.0. The van der Waals surface area contributed by atoms with E-state index in [1.165, 1.54) is 0 Å². The predicted molar refractivity (Wildman–Crippen MR) is 115 cm³/mol. The molecule has 1 saturated carbocycles. The quantitative estimate of drug-likeness (QED) is 0.678. The SMILES string of the molecule is CS(=O)C1CCN(c2cnc(OCC3CCN(C(=O)OC4(C)CC4)CC3)cn2)CC1. The molecular formula is C21H32N4O4S. The van der Waals surface area contributed by atoms with Crippen molar-refractivity contribution >= 4 is 22.7 Å². The average Bonchev–Trinajstić information content (AvgIpc) is 3.49. The summed E-state index contributed by atoms with van der Waals surface area (Å²) in [6.07, 6.45) is 10.7. The third-order valence-corrected chi connectivity index (χ3v) is 7.89. The van der Waals surface area contributed by atoms with Crippen LogP contribution in [0.4, 0.5) is 10.6 Å². The molecule has 1 aromatic rings. The number of hydrogen-bond donors (Lipinski definition) is 0. The van der Waals surface area contributed by atoms with Gasteiger partial charge in [-0.1, -0.05) is 0 Å². The maximum absolute atomic E-state index is 12.2. The number of piperidine rings is 2. The molecule has 9 heteroatoms. The Bertz CT molecular complexity index is 755. The van der Waals surface area contributed by atoms with Gasteiger partial charge in [-0.3, -0.25) is 4.21 Å². The molecule has 1 atom stereocenters. The largest absolute Gasteiger partial charge is 0.476 e. The topological polar surface area (TPSA) is 84.9 Å². The van der Waals surface area contributed by atoms with Crippen LogP contribution in [0.3, 0.4) is 0 Å². The van der Waals surface area contributed by atoms with Crippen molar-refractivity contribution in [2.75, 3.05) is 43.9 Å². The Labute approximate surface area is 180 Å². The van der Waals surface area contributed by atoms with Gasteiger partial charge in [-0.15, -0.1) is 0 Å². The highest BCUT2D eigenvalue weighted by molar-refractivity contribution is 7.84. The molecule has 1 unspecified atom stereocenters. The van der Waals surface area contributed by atoms with Gasteiger partial charge in [-0.25, -0.2) is 14.8 Å². The molecule has 1 aromatic heterocycles. The van der Waals surface area contributed by atoms with Gasteiger partial charge in [0.1, 0.15) is 11.4 Å². The Kier molecular flexibility index (Phi) is 6.46. The maximum atomic E-state index is 12.2. The molecule has 30 heavy (non-hydrogen) atoms. The smallest absolute Gasteiger partial charge is 0.410 e. The molecule has 2 aliphatic heterocycles. The number of aromatic nitrogens is 2. The van der Waals surface area contributed by atoms with Crippen LogP contribution in [0.1, 0.15) is 45.4 Å². The second-order valence-electron chi connectivity index (χ2n) is 8.96. The Morgan fingerprint density at radius 1 is 1.13 bits per heavy atom. The molecule has 166 valence electrons. The average molecular weight is 437 g/mol. The van der Waals surface area contributed by atoms with Crippen LogP contribution >= 0.6 is 0 Å². The van der Waals surface area contributed by atoms with Crippen LogP contribution in [-0.4, -0.2) is 75.1 Å². The van der Waals surface area contributed by atoms with Crippen molar-refractivity contribution in [3.8, 4) is 5.88 Å². The number of anilines is 1. The van der Waals surface area contributed by atoms with Crippen LogP contribution in [0, 0.1) is 5.92 Å². The van der Waals surface area contributed by atoms with Gasteiger partial charge in [0.05, 0.1) is 19.0 Å². The van der Waals surface area contributed by atoms with E-state index in [1.54, 1.807) is 18.6 Å². The molecule has 0 radical (unpaired) electrons. The number of ether oxygens (including phenoxy) is 2. The van der Waals surface area contributed by atoms with Crippen LogP contribution in [0.5, 0.6) is 5.88 Å². The van der Waals surface area contributed by atoms with Crippen molar-refractivity contribution in [1.29, 1.82) is 0 Å². The summed E-state index contributed by atoms with van der Waals surface area (Å²) in [6, 6.07) is 0. The number of carbonyl (C=O) groups excluding carboxylic acids is 1. The van der Waals surface area contributed by atoms with E-state index in [1.807, 2.05) is 11.8 Å². The van der Waals surface area contributed by atoms with E-state index < -0.39 is 10.8 Å². The van der Waals surface area contributed by atoms with Crippen molar-refractivity contribution in [1.82, 2.24) is 14.9 Å². The maximum Gasteiger partial charge on any atom is 0.410 e. The van der Waals surface area contributed by atoms with Gasteiger partial charge in [0.2, 0.25) is 5.88 Å². The van der Waals surface area contributed by atoms with E-state index in [-0.39, 0.29) is 11.7 Å². The van der Waals surface area contributed by atoms with Crippen molar-refractivity contribution in [3.05, 3.63) is 12.4 Å². The molecule has 0 bridgehead atoms. The minimum absolute atomic E-state index is 0.176. The number of hydrogen-bond acceptors (Lipinski definition) is 7. The van der Waals surface area contributed by atoms with E-state index >= 15 is 0 Å². The van der Waals surface area contributed by atoms with Crippen LogP contribution in [0.25, 0.3) is 0 Å². The number of carbonyl (C=O) groups is 1. The molecule has 0 spiro atoms. The summed E-state index contributed by atoms with van der Waals surface area (Å²) in [4.78, 5) is 25.1. The predicted octanol–water partition coefficient (Wildman–Crippen LogP) is 2.60. The standard InChI is InChI=1S/C21H32N4O4S/c1-21(7-8-21)29-20(26)25-9-3-16(4-10-25)15-28-19-14-22-18(13-23-19)24-11-5-17(6-12-24)30(2)27/h13-14,16-17H,3-12,15H2,1-2H3. The minimum atomic E-state index is -0.751. The van der Waals surface area contributed by atoms with Gasteiger partial charge in [0, 0.05) is 48.5 Å². The Morgan fingerprint density at radius 3 is 2.40 bits per heavy atom. The first-order chi connectivity index (χ1) is 14.4. The van der Waals surface area contributed by atoms with Crippen molar-refractivity contribution in [2.24, 2.45) is 5.92 Å². The second kappa shape index (κ2) is 9.08. The molecule has 3 fully saturated rings. The summed E-state index contributed by atoms with van der Waals surface area (Å²) in [6.45, 7) is 5.73. The van der Waals surface area contributed by atoms with Gasteiger partial charge >= 0.3 is 6.09 Å². The highest BCUT2D eigenvalue weighted by Crippen LogP contribution is 2.39. The first-order valence-electron chi connectivity index (χ1n) is 10.9. The fraction of sp³-hybridized carbons (Fsp3) is 0.762. The Hall–Kier alpha value is -1.90. The van der Waals surface area contributed by atoms with E-state index in [4.69, 9.17) is 9.47 Å². The Morgan fingerprint density at radius 2 is 1.83 bits per heavy atom. The lowest BCUT2D eigenvalue weighted by molar-refractivity contribution is 0.0454. The van der Waals surface area contributed by atoms with Gasteiger partial charge in [0.15, 0.2) is 0 Å². The number of amides is 1. The third-order valence-electron chi connectivity index (χ3n) is 6.48. The molecule has 2 saturated heterocycles. The Balaban J connectivity index is 1.18. The van der Waals surface area contributed by atoms with Gasteiger partial charge in [-0.05, 0) is 51.4 Å². The molecule has 1 aliphatic carbocycles. The highest BCUT2D eigenvalue weighted by Gasteiger charge is 2.43. The van der Waals surface area contributed by atoms with Crippen LogP contribution < -0.4 is 9.64 Å². The van der Waals surface area contributed by atoms with Crippen LogP contribution in [0.2, 0.25) is 0 Å². The summed E-state index contributed by atoms with van der Waals surface area (Å²) in [5.41, 5.74) is -0.216. The molecule has 0 N–H and O–H groups in total. The number of likely N-dealkylation sites (tertiary alicyclic amines) is 1. The van der Waals surface area contributed by atoms with Crippen LogP contribution in [0.15, 0.2) is 12.4 Å². The molecule has 0 aromatic carbocycles. The minimum Gasteiger partial charge on any atom is -0.476 e. The lowest BCUT2D eigenvalue weighted by Gasteiger charge is -2.32. The third kappa shape index (κ3) is 5.42. The molecule has 3 heterocycles. The van der Waals surface area contributed by atoms with Crippen molar-refractivity contribution in [2.45, 2.75) is 56.3 Å². The summed E-state index contributed by atoms with van der Waals surface area (Å²) in [7, 11) is -0.751. The van der Waals surface area contributed by atoms with Crippen molar-refractivity contribution < 1.29 is 18.5 Å². The summed E-state index contributed by atoms with van der Waals surface area (Å²) in [5.74, 6) is 1.78. The molecule has 3 aliphatic rings. The van der Waals surface area contributed by atoms with E-state index in [2.05, 4.69) is 14.9 Å². The van der Waals surface area contributed by atoms with Gasteiger partial charge < -0.3 is 19.3 Å². The number of rotatable bonds is 6. The first kappa shape index (κ1) is 21.3. The van der Waals surface area contributed by atoms with E-state index in [0.29, 0.717) is 36.7 Å². The molecule has 1 amide bonds. The second-order valence-corrected chi connectivity index (χ2v) is 10.6. The zero-order chi connectivity index (χ0) is 21.1. The lowest BCUT2D eigenvalue weighted by Crippen LogP contribution is -2.41. The van der Waals surface area contributed by atoms with Gasteiger partial charge in [0.25, 0.3) is 0 Å².